The van der Waals surface area contributed by atoms with Crippen molar-refractivity contribution in [3.63, 3.8) is 0 Å². The summed E-state index contributed by atoms with van der Waals surface area (Å²) in [5, 5.41) is 3.69. The number of nitrogens with one attached hydrogen (secondary N) is 1. The summed E-state index contributed by atoms with van der Waals surface area (Å²) in [7, 11) is 0. The van der Waals surface area contributed by atoms with Crippen molar-refractivity contribution >= 4 is 0 Å². The second-order valence-corrected chi connectivity index (χ2v) is 5.04. The van der Waals surface area contributed by atoms with E-state index < -0.39 is 0 Å². The largest absolute Gasteiger partial charge is 0.379 e. The minimum absolute atomic E-state index is 0.328. The maximum atomic E-state index is 5.52. The summed E-state index contributed by atoms with van der Waals surface area (Å²) in [5.74, 6) is 2.40. The Balaban J connectivity index is 2.09. The van der Waals surface area contributed by atoms with Crippen molar-refractivity contribution in [2.45, 2.75) is 32.7 Å². The topological polar surface area (TPSA) is 21.3 Å². The molecule has 0 amide bonds. The second kappa shape index (κ2) is 3.25. The van der Waals surface area contributed by atoms with E-state index in [-0.39, 0.29) is 0 Å². The smallest absolute Gasteiger partial charge is 0.0651 e. The fourth-order valence-electron chi connectivity index (χ4n) is 2.96. The van der Waals surface area contributed by atoms with E-state index in [2.05, 4.69) is 26.1 Å². The fourth-order valence-corrected chi connectivity index (χ4v) is 2.96. The summed E-state index contributed by atoms with van der Waals surface area (Å²) in [6.45, 7) is 10.1. The zero-order valence-corrected chi connectivity index (χ0v) is 8.97. The van der Waals surface area contributed by atoms with E-state index in [4.69, 9.17) is 4.74 Å². The zero-order valence-electron chi connectivity index (χ0n) is 8.97. The van der Waals surface area contributed by atoms with Crippen LogP contribution in [0.1, 0.15) is 27.2 Å². The van der Waals surface area contributed by atoms with Crippen molar-refractivity contribution < 1.29 is 4.74 Å². The van der Waals surface area contributed by atoms with Crippen LogP contribution in [0.3, 0.4) is 0 Å². The molecule has 0 saturated carbocycles. The third kappa shape index (κ3) is 1.40. The van der Waals surface area contributed by atoms with Gasteiger partial charge in [-0.3, -0.25) is 0 Å². The molecule has 2 saturated heterocycles. The molecule has 2 heterocycles. The molecule has 2 fully saturated rings. The van der Waals surface area contributed by atoms with E-state index in [1.54, 1.807) is 0 Å². The first kappa shape index (κ1) is 9.47. The van der Waals surface area contributed by atoms with Crippen molar-refractivity contribution in [3.05, 3.63) is 0 Å². The van der Waals surface area contributed by atoms with E-state index in [0.717, 1.165) is 31.0 Å². The molecular formula is C11H21NO. The first-order chi connectivity index (χ1) is 6.16. The molecule has 2 rings (SSSR count). The molecule has 3 atom stereocenters. The number of hydrogen-bond donors (Lipinski definition) is 1. The Morgan fingerprint density at radius 3 is 2.69 bits per heavy atom. The first-order valence-corrected chi connectivity index (χ1v) is 5.48. The highest BCUT2D eigenvalue weighted by molar-refractivity contribution is 5.04. The van der Waals surface area contributed by atoms with Crippen LogP contribution >= 0.6 is 0 Å². The maximum absolute atomic E-state index is 5.52. The Labute approximate surface area is 81.0 Å². The van der Waals surface area contributed by atoms with Crippen LogP contribution in [-0.4, -0.2) is 25.3 Å². The van der Waals surface area contributed by atoms with Gasteiger partial charge < -0.3 is 10.1 Å². The van der Waals surface area contributed by atoms with E-state index >= 15 is 0 Å². The van der Waals surface area contributed by atoms with E-state index in [1.807, 2.05) is 0 Å². The SMILES string of the molecule is CC(C)C1CNC2(CCOC2)C1C. The highest BCUT2D eigenvalue weighted by atomic mass is 16.5. The summed E-state index contributed by atoms with van der Waals surface area (Å²) in [6, 6.07) is 0. The Morgan fingerprint density at radius 1 is 1.46 bits per heavy atom. The normalized spacial score (nSPS) is 45.2. The highest BCUT2D eigenvalue weighted by Crippen LogP contribution is 2.40. The van der Waals surface area contributed by atoms with Crippen LogP contribution in [0.2, 0.25) is 0 Å². The molecule has 1 N–H and O–H groups in total. The second-order valence-electron chi connectivity index (χ2n) is 5.04. The summed E-state index contributed by atoms with van der Waals surface area (Å²) < 4.78 is 5.52. The van der Waals surface area contributed by atoms with Crippen molar-refractivity contribution in [3.8, 4) is 0 Å². The first-order valence-electron chi connectivity index (χ1n) is 5.48. The third-order valence-electron chi connectivity index (χ3n) is 4.11. The van der Waals surface area contributed by atoms with Gasteiger partial charge in [-0.25, -0.2) is 0 Å². The third-order valence-corrected chi connectivity index (χ3v) is 4.11. The van der Waals surface area contributed by atoms with Crippen molar-refractivity contribution in [2.75, 3.05) is 19.8 Å². The van der Waals surface area contributed by atoms with Crippen molar-refractivity contribution in [2.24, 2.45) is 17.8 Å². The number of hydrogen-bond acceptors (Lipinski definition) is 2. The van der Waals surface area contributed by atoms with Gasteiger partial charge in [0.1, 0.15) is 0 Å². The van der Waals surface area contributed by atoms with Gasteiger partial charge in [-0.1, -0.05) is 20.8 Å². The van der Waals surface area contributed by atoms with Gasteiger partial charge in [0.2, 0.25) is 0 Å². The Bertz CT molecular complexity index is 185. The summed E-state index contributed by atoms with van der Waals surface area (Å²) in [6.07, 6.45) is 1.21. The van der Waals surface area contributed by atoms with Gasteiger partial charge in [-0.05, 0) is 30.7 Å². The van der Waals surface area contributed by atoms with Crippen molar-refractivity contribution in [1.82, 2.24) is 5.32 Å². The molecule has 0 bridgehead atoms. The van der Waals surface area contributed by atoms with Crippen LogP contribution in [0.15, 0.2) is 0 Å². The van der Waals surface area contributed by atoms with Crippen LogP contribution in [0, 0.1) is 17.8 Å². The molecule has 2 aliphatic rings. The van der Waals surface area contributed by atoms with E-state index in [1.165, 1.54) is 13.0 Å². The van der Waals surface area contributed by atoms with Crippen LogP contribution in [0.5, 0.6) is 0 Å². The lowest BCUT2D eigenvalue weighted by Crippen LogP contribution is -2.44. The average molecular weight is 183 g/mol. The molecule has 0 aromatic rings. The maximum Gasteiger partial charge on any atom is 0.0651 e. The molecule has 13 heavy (non-hydrogen) atoms. The molecule has 0 aliphatic carbocycles. The predicted octanol–water partition coefficient (Wildman–Crippen LogP) is 1.66. The van der Waals surface area contributed by atoms with Gasteiger partial charge in [0.05, 0.1) is 6.61 Å². The lowest BCUT2D eigenvalue weighted by atomic mass is 9.77. The summed E-state index contributed by atoms with van der Waals surface area (Å²) >= 11 is 0. The molecule has 76 valence electrons. The molecule has 1 spiro atoms. The monoisotopic (exact) mass is 183 g/mol. The van der Waals surface area contributed by atoms with Crippen LogP contribution in [0.4, 0.5) is 0 Å². The molecular weight excluding hydrogens is 162 g/mol. The standard InChI is InChI=1S/C11H21NO/c1-8(2)10-6-12-11(9(10)3)4-5-13-7-11/h8-10,12H,4-7H2,1-3H3. The Morgan fingerprint density at radius 2 is 2.23 bits per heavy atom. The summed E-state index contributed by atoms with van der Waals surface area (Å²) in [5.41, 5.74) is 0.328. The molecule has 2 heteroatoms. The fraction of sp³-hybridized carbons (Fsp3) is 1.00. The van der Waals surface area contributed by atoms with Gasteiger partial charge in [-0.15, -0.1) is 0 Å². The number of ether oxygens (including phenoxy) is 1. The van der Waals surface area contributed by atoms with Crippen molar-refractivity contribution in [1.29, 1.82) is 0 Å². The van der Waals surface area contributed by atoms with E-state index in [0.29, 0.717) is 5.54 Å². The van der Waals surface area contributed by atoms with Gasteiger partial charge in [0.25, 0.3) is 0 Å². The number of rotatable bonds is 1. The Hall–Kier alpha value is -0.0800. The van der Waals surface area contributed by atoms with Gasteiger partial charge in [-0.2, -0.15) is 0 Å². The molecule has 2 aliphatic heterocycles. The molecule has 3 unspecified atom stereocenters. The molecule has 0 aromatic carbocycles. The lowest BCUT2D eigenvalue weighted by molar-refractivity contribution is 0.150. The van der Waals surface area contributed by atoms with Gasteiger partial charge in [0, 0.05) is 12.1 Å². The Kier molecular flexibility index (Phi) is 2.37. The zero-order chi connectivity index (χ0) is 9.47. The summed E-state index contributed by atoms with van der Waals surface area (Å²) in [4.78, 5) is 0. The van der Waals surface area contributed by atoms with Crippen LogP contribution in [0.25, 0.3) is 0 Å². The molecule has 0 aromatic heterocycles. The molecule has 0 radical (unpaired) electrons. The quantitative estimate of drug-likeness (QED) is 0.667. The van der Waals surface area contributed by atoms with Crippen LogP contribution < -0.4 is 5.32 Å². The predicted molar refractivity (Wildman–Crippen MR) is 53.7 cm³/mol. The lowest BCUT2D eigenvalue weighted by Gasteiger charge is -2.30. The minimum atomic E-state index is 0.328. The highest BCUT2D eigenvalue weighted by Gasteiger charge is 2.48. The molecule has 2 nitrogen and oxygen atoms in total. The van der Waals surface area contributed by atoms with Gasteiger partial charge in [0.15, 0.2) is 0 Å². The minimum Gasteiger partial charge on any atom is -0.379 e. The average Bonchev–Trinajstić information content (AvgIpc) is 2.64. The van der Waals surface area contributed by atoms with E-state index in [9.17, 15) is 0 Å². The van der Waals surface area contributed by atoms with Gasteiger partial charge >= 0.3 is 0 Å². The van der Waals surface area contributed by atoms with Crippen LogP contribution in [-0.2, 0) is 4.74 Å².